The van der Waals surface area contributed by atoms with Crippen LogP contribution in [-0.2, 0) is 6.54 Å². The molecular formula is C43H55N3O5. The van der Waals surface area contributed by atoms with Crippen molar-refractivity contribution in [3.05, 3.63) is 105 Å². The van der Waals surface area contributed by atoms with Gasteiger partial charge in [0.05, 0.1) is 23.2 Å². The maximum absolute atomic E-state index is 12.5. The largest absolute Gasteiger partial charge is 0.332 e. The van der Waals surface area contributed by atoms with Gasteiger partial charge in [0.1, 0.15) is 0 Å². The molecule has 3 aliphatic rings. The van der Waals surface area contributed by atoms with Crippen LogP contribution >= 0.6 is 0 Å². The fourth-order valence-electron chi connectivity index (χ4n) is 6.84. The van der Waals surface area contributed by atoms with Gasteiger partial charge in [-0.3, -0.25) is 28.9 Å². The summed E-state index contributed by atoms with van der Waals surface area (Å²) in [6.45, 7) is 25.3. The summed E-state index contributed by atoms with van der Waals surface area (Å²) in [7, 11) is 0. The highest BCUT2D eigenvalue weighted by Crippen LogP contribution is 2.32. The van der Waals surface area contributed by atoms with E-state index in [2.05, 4.69) is 47.6 Å². The minimum atomic E-state index is -0.171. The summed E-state index contributed by atoms with van der Waals surface area (Å²) in [5.74, 6) is 0.963. The molecule has 0 fully saturated rings. The van der Waals surface area contributed by atoms with Crippen molar-refractivity contribution >= 4 is 29.4 Å². The Morgan fingerprint density at radius 1 is 0.471 bits per heavy atom. The van der Waals surface area contributed by atoms with Gasteiger partial charge in [-0.05, 0) is 99.7 Å². The lowest BCUT2D eigenvalue weighted by molar-refractivity contribution is 0.0606. The Balaban J connectivity index is 0.000000172. The molecule has 0 spiro atoms. The molecular weight excluding hydrogens is 638 g/mol. The van der Waals surface area contributed by atoms with E-state index in [1.54, 1.807) is 17.0 Å². The lowest BCUT2D eigenvalue weighted by atomic mass is 9.88. The molecule has 0 N–H and O–H groups in total. The molecule has 3 heterocycles. The summed E-state index contributed by atoms with van der Waals surface area (Å²) in [5, 5.41) is 0. The second-order valence-corrected chi connectivity index (χ2v) is 15.5. The van der Waals surface area contributed by atoms with Crippen LogP contribution < -0.4 is 0 Å². The first-order valence-electron chi connectivity index (χ1n) is 18.3. The monoisotopic (exact) mass is 693 g/mol. The number of imide groups is 1. The van der Waals surface area contributed by atoms with E-state index in [4.69, 9.17) is 0 Å². The highest BCUT2D eigenvalue weighted by Gasteiger charge is 2.37. The van der Waals surface area contributed by atoms with E-state index >= 15 is 0 Å². The van der Waals surface area contributed by atoms with E-state index in [9.17, 15) is 24.0 Å². The summed E-state index contributed by atoms with van der Waals surface area (Å²) in [6, 6.07) is 17.4. The molecule has 0 aromatic heterocycles. The first-order chi connectivity index (χ1) is 23.9. The average molecular weight is 694 g/mol. The Bertz CT molecular complexity index is 1830. The van der Waals surface area contributed by atoms with Crippen LogP contribution in [0.5, 0.6) is 0 Å². The molecule has 0 aliphatic carbocycles. The number of benzene rings is 3. The number of ketones is 1. The molecule has 3 aliphatic heterocycles. The van der Waals surface area contributed by atoms with Crippen LogP contribution in [0.1, 0.15) is 175 Å². The minimum absolute atomic E-state index is 0.0103. The highest BCUT2D eigenvalue weighted by molar-refractivity contribution is 6.21. The van der Waals surface area contributed by atoms with Gasteiger partial charge in [-0.2, -0.15) is 0 Å². The van der Waals surface area contributed by atoms with Crippen molar-refractivity contribution in [2.24, 2.45) is 0 Å². The van der Waals surface area contributed by atoms with E-state index in [0.717, 1.165) is 23.2 Å². The Morgan fingerprint density at radius 2 is 1.00 bits per heavy atom. The number of rotatable bonds is 6. The lowest BCUT2D eigenvalue weighted by Crippen LogP contribution is -2.45. The van der Waals surface area contributed by atoms with Gasteiger partial charge in [0.15, 0.2) is 5.78 Å². The van der Waals surface area contributed by atoms with Gasteiger partial charge < -0.3 is 9.80 Å². The number of hydrogen-bond donors (Lipinski definition) is 0. The molecule has 0 atom stereocenters. The number of hydrogen-bond acceptors (Lipinski definition) is 5. The maximum Gasteiger partial charge on any atom is 0.261 e. The van der Waals surface area contributed by atoms with Crippen molar-refractivity contribution < 1.29 is 24.0 Å². The Morgan fingerprint density at radius 3 is 1.53 bits per heavy atom. The Kier molecular flexibility index (Phi) is 12.1. The normalized spacial score (nSPS) is 15.3. The number of nitrogens with zero attached hydrogens (tertiary/aromatic N) is 3. The summed E-state index contributed by atoms with van der Waals surface area (Å²) in [5.41, 5.74) is 7.79. The second kappa shape index (κ2) is 15.7. The van der Waals surface area contributed by atoms with Crippen LogP contribution in [0.3, 0.4) is 0 Å². The van der Waals surface area contributed by atoms with Gasteiger partial charge in [0, 0.05) is 35.8 Å². The summed E-state index contributed by atoms with van der Waals surface area (Å²) >= 11 is 0. The zero-order valence-electron chi connectivity index (χ0n) is 32.5. The van der Waals surface area contributed by atoms with E-state index in [1.165, 1.54) is 16.0 Å². The molecule has 51 heavy (non-hydrogen) atoms. The van der Waals surface area contributed by atoms with Gasteiger partial charge in [0.25, 0.3) is 23.6 Å². The Labute approximate surface area is 304 Å². The summed E-state index contributed by atoms with van der Waals surface area (Å²) in [6.07, 6.45) is 0. The van der Waals surface area contributed by atoms with Crippen LogP contribution in [-0.4, -0.2) is 68.8 Å². The van der Waals surface area contributed by atoms with Crippen LogP contribution in [0.4, 0.5) is 0 Å². The molecule has 8 heteroatoms. The summed E-state index contributed by atoms with van der Waals surface area (Å²) < 4.78 is 0. The molecule has 4 amide bonds. The van der Waals surface area contributed by atoms with Crippen molar-refractivity contribution in [3.63, 3.8) is 0 Å². The second-order valence-electron chi connectivity index (χ2n) is 15.5. The predicted octanol–water partition coefficient (Wildman–Crippen LogP) is 8.85. The summed E-state index contributed by atoms with van der Waals surface area (Å²) in [4.78, 5) is 65.9. The van der Waals surface area contributed by atoms with Crippen molar-refractivity contribution in [1.29, 1.82) is 0 Å². The molecule has 0 radical (unpaired) electrons. The van der Waals surface area contributed by atoms with Gasteiger partial charge >= 0.3 is 0 Å². The van der Waals surface area contributed by atoms with Gasteiger partial charge in [0.2, 0.25) is 0 Å². The average Bonchev–Trinajstić information content (AvgIpc) is 3.55. The molecule has 0 bridgehead atoms. The molecule has 0 saturated carbocycles. The number of Topliss-reactive ketones (excluding diaryl/α,β-unsaturated/α-hetero) is 1. The zero-order chi connectivity index (χ0) is 38.1. The zero-order valence-corrected chi connectivity index (χ0v) is 32.5. The SMILES string of the molecule is CC(C)c1ccc2c(c1)C(=O)N(C(C)C)C2=O.CC(C)c1cccc2c1C(=O)N(C(C)C)CC2=O.CC(C)c1cccc2c1CN(C(C)C)C2=O. The minimum Gasteiger partial charge on any atom is -0.332 e. The van der Waals surface area contributed by atoms with Crippen LogP contribution in [0.25, 0.3) is 0 Å². The first kappa shape index (κ1) is 39.2. The van der Waals surface area contributed by atoms with Crippen molar-refractivity contribution in [2.75, 3.05) is 6.54 Å². The van der Waals surface area contributed by atoms with E-state index < -0.39 is 0 Å². The molecule has 3 aromatic carbocycles. The van der Waals surface area contributed by atoms with Gasteiger partial charge in [-0.1, -0.05) is 77.9 Å². The van der Waals surface area contributed by atoms with Crippen LogP contribution in [0, 0.1) is 0 Å². The number of carbonyl (C=O) groups is 5. The Hall–Kier alpha value is -4.59. The first-order valence-corrected chi connectivity index (χ1v) is 18.3. The van der Waals surface area contributed by atoms with Gasteiger partial charge in [-0.15, -0.1) is 0 Å². The van der Waals surface area contributed by atoms with Gasteiger partial charge in [-0.25, -0.2) is 0 Å². The molecule has 0 unspecified atom stereocenters. The molecule has 8 nitrogen and oxygen atoms in total. The van der Waals surface area contributed by atoms with E-state index in [-0.39, 0.29) is 60.0 Å². The highest BCUT2D eigenvalue weighted by atomic mass is 16.2. The predicted molar refractivity (Wildman–Crippen MR) is 203 cm³/mol. The molecule has 3 aromatic rings. The molecule has 272 valence electrons. The quantitative estimate of drug-likeness (QED) is 0.241. The van der Waals surface area contributed by atoms with Crippen molar-refractivity contribution in [1.82, 2.24) is 14.7 Å². The third-order valence-corrected chi connectivity index (χ3v) is 9.83. The lowest BCUT2D eigenvalue weighted by Gasteiger charge is -2.32. The topological polar surface area (TPSA) is 95.1 Å². The smallest absolute Gasteiger partial charge is 0.261 e. The molecule has 6 rings (SSSR count). The van der Waals surface area contributed by atoms with Crippen molar-refractivity contribution in [2.45, 2.75) is 126 Å². The standard InChI is InChI=1S/C15H19NO2.C14H17NO2.C14H19NO/c1-9(2)11-6-5-7-12-13(17)8-16(10(3)4)15(18)14(11)12;1-8(2)10-5-6-11-12(7-10)14(17)15(9(3)4)13(11)16;1-9(2)11-6-5-7-12-13(11)8-15(10(3)4)14(12)16/h5-7,9-10H,8H2,1-4H3;5-9H,1-4H3;5-7,9-10H,8H2,1-4H3. The van der Waals surface area contributed by atoms with E-state index in [1.807, 2.05) is 82.8 Å². The van der Waals surface area contributed by atoms with Crippen molar-refractivity contribution in [3.8, 4) is 0 Å². The van der Waals surface area contributed by atoms with E-state index in [0.29, 0.717) is 34.1 Å². The van der Waals surface area contributed by atoms with Crippen LogP contribution in [0.15, 0.2) is 54.6 Å². The molecule has 0 saturated heterocycles. The number of fused-ring (bicyclic) bond motifs is 3. The third-order valence-electron chi connectivity index (χ3n) is 9.83. The van der Waals surface area contributed by atoms with Crippen LogP contribution in [0.2, 0.25) is 0 Å². The number of carbonyl (C=O) groups excluding carboxylic acids is 5. The third kappa shape index (κ3) is 7.85. The number of amides is 4. The fraction of sp³-hybridized carbons (Fsp3) is 0.465. The maximum atomic E-state index is 12.5. The fourth-order valence-corrected chi connectivity index (χ4v) is 6.84.